The van der Waals surface area contributed by atoms with E-state index in [-0.39, 0.29) is 17.1 Å². The minimum atomic E-state index is -0.346. The van der Waals surface area contributed by atoms with Crippen molar-refractivity contribution in [2.24, 2.45) is 5.92 Å². The molecule has 6 heteroatoms. The fourth-order valence-corrected chi connectivity index (χ4v) is 3.98. The van der Waals surface area contributed by atoms with Gasteiger partial charge in [0.1, 0.15) is 5.25 Å². The van der Waals surface area contributed by atoms with Gasteiger partial charge < -0.3 is 9.64 Å². The van der Waals surface area contributed by atoms with Crippen molar-refractivity contribution >= 4 is 23.6 Å². The number of carbonyl (C=O) groups excluding carboxylic acids is 2. The summed E-state index contributed by atoms with van der Waals surface area (Å²) in [6.07, 6.45) is 0. The summed E-state index contributed by atoms with van der Waals surface area (Å²) in [5.74, 6) is 0.401. The van der Waals surface area contributed by atoms with Crippen molar-refractivity contribution in [2.75, 3.05) is 39.8 Å². The average Bonchev–Trinajstić information content (AvgIpc) is 2.61. The molecule has 1 aromatic carbocycles. The number of nitrogens with zero attached hydrogens (tertiary/aromatic N) is 2. The Morgan fingerprint density at radius 2 is 1.76 bits per heavy atom. The van der Waals surface area contributed by atoms with Crippen LogP contribution in [0.5, 0.6) is 0 Å². The van der Waals surface area contributed by atoms with Crippen LogP contribution in [-0.4, -0.2) is 66.8 Å². The van der Waals surface area contributed by atoms with E-state index in [1.165, 1.54) is 18.9 Å². The maximum absolute atomic E-state index is 12.9. The van der Waals surface area contributed by atoms with Crippen molar-refractivity contribution in [2.45, 2.75) is 30.9 Å². The van der Waals surface area contributed by atoms with Gasteiger partial charge in [0.2, 0.25) is 0 Å². The fraction of sp³-hybridized carbons (Fsp3) is 0.579. The molecule has 1 amide bonds. The van der Waals surface area contributed by atoms with Crippen molar-refractivity contribution in [3.8, 4) is 0 Å². The van der Waals surface area contributed by atoms with E-state index < -0.39 is 0 Å². The van der Waals surface area contributed by atoms with Crippen molar-refractivity contribution < 1.29 is 14.3 Å². The van der Waals surface area contributed by atoms with Gasteiger partial charge in [0.05, 0.1) is 12.7 Å². The number of carbonyl (C=O) groups is 2. The van der Waals surface area contributed by atoms with E-state index >= 15 is 0 Å². The molecular weight excluding hydrogens is 336 g/mol. The molecule has 1 saturated heterocycles. The molecule has 0 spiro atoms. The molecule has 0 aromatic heterocycles. The van der Waals surface area contributed by atoms with Gasteiger partial charge in [-0.1, -0.05) is 26.0 Å². The highest BCUT2D eigenvalue weighted by molar-refractivity contribution is 8.00. The highest BCUT2D eigenvalue weighted by Gasteiger charge is 2.25. The van der Waals surface area contributed by atoms with Gasteiger partial charge in [-0.15, -0.1) is 11.8 Å². The van der Waals surface area contributed by atoms with Crippen LogP contribution in [0, 0.1) is 5.92 Å². The number of rotatable bonds is 6. The first-order chi connectivity index (χ1) is 11.9. The molecule has 2 rings (SSSR count). The topological polar surface area (TPSA) is 49.9 Å². The van der Waals surface area contributed by atoms with Crippen molar-refractivity contribution in [1.29, 1.82) is 0 Å². The number of hydrogen-bond acceptors (Lipinski definition) is 5. The van der Waals surface area contributed by atoms with E-state index in [0.717, 1.165) is 37.6 Å². The van der Waals surface area contributed by atoms with Crippen LogP contribution in [0.3, 0.4) is 0 Å². The van der Waals surface area contributed by atoms with Crippen LogP contribution in [0.4, 0.5) is 0 Å². The quantitative estimate of drug-likeness (QED) is 0.574. The third-order valence-corrected chi connectivity index (χ3v) is 5.39. The summed E-state index contributed by atoms with van der Waals surface area (Å²) in [5.41, 5.74) is 0.667. The molecule has 25 heavy (non-hydrogen) atoms. The second-order valence-corrected chi connectivity index (χ2v) is 8.15. The van der Waals surface area contributed by atoms with Gasteiger partial charge in [-0.2, -0.15) is 0 Å². The maximum Gasteiger partial charge on any atom is 0.318 e. The minimum absolute atomic E-state index is 0.0457. The summed E-state index contributed by atoms with van der Waals surface area (Å²) in [6.45, 7) is 10.6. The zero-order chi connectivity index (χ0) is 18.4. The van der Waals surface area contributed by atoms with Gasteiger partial charge in [0.25, 0.3) is 5.91 Å². The third-order valence-electron chi connectivity index (χ3n) is 4.24. The lowest BCUT2D eigenvalue weighted by molar-refractivity contribution is -0.139. The molecule has 1 atom stereocenters. The molecule has 1 aliphatic heterocycles. The predicted octanol–water partition coefficient (Wildman–Crippen LogP) is 2.75. The van der Waals surface area contributed by atoms with E-state index in [9.17, 15) is 9.59 Å². The van der Waals surface area contributed by atoms with Crippen LogP contribution >= 0.6 is 11.8 Å². The van der Waals surface area contributed by atoms with Crippen LogP contribution in [0.25, 0.3) is 0 Å². The van der Waals surface area contributed by atoms with Crippen LogP contribution in [0.15, 0.2) is 29.2 Å². The monoisotopic (exact) mass is 364 g/mol. The first kappa shape index (κ1) is 19.8. The number of methoxy groups -OCH3 is 1. The van der Waals surface area contributed by atoms with Crippen LogP contribution in [0.1, 0.15) is 31.1 Å². The standard InChI is InChI=1S/C19H28N2O3S/c1-14(2)13-20-9-11-21(12-10-20)18(22)16-7-5-6-8-17(16)25-15(3)19(23)24-4/h5-8,14-15H,9-13H2,1-4H3. The predicted molar refractivity (Wildman–Crippen MR) is 101 cm³/mol. The molecule has 0 aliphatic carbocycles. The Morgan fingerprint density at radius 3 is 2.36 bits per heavy atom. The van der Waals surface area contributed by atoms with Gasteiger partial charge in [-0.3, -0.25) is 14.5 Å². The Bertz CT molecular complexity index is 598. The van der Waals surface area contributed by atoms with Crippen LogP contribution < -0.4 is 0 Å². The van der Waals surface area contributed by atoms with Gasteiger partial charge in [-0.25, -0.2) is 0 Å². The van der Waals surface area contributed by atoms with Gasteiger partial charge in [0.15, 0.2) is 0 Å². The zero-order valence-corrected chi connectivity index (χ0v) is 16.3. The molecule has 1 fully saturated rings. The van der Waals surface area contributed by atoms with E-state index in [2.05, 4.69) is 18.7 Å². The third kappa shape index (κ3) is 5.47. The molecular formula is C19H28N2O3S. The molecule has 1 aliphatic rings. The lowest BCUT2D eigenvalue weighted by Crippen LogP contribution is -2.49. The normalized spacial score (nSPS) is 16.8. The highest BCUT2D eigenvalue weighted by atomic mass is 32.2. The van der Waals surface area contributed by atoms with E-state index in [4.69, 9.17) is 4.74 Å². The van der Waals surface area contributed by atoms with Gasteiger partial charge in [0, 0.05) is 37.6 Å². The summed E-state index contributed by atoms with van der Waals surface area (Å²) in [5, 5.41) is -0.346. The van der Waals surface area contributed by atoms with Crippen LogP contribution in [0.2, 0.25) is 0 Å². The molecule has 1 unspecified atom stereocenters. The molecule has 0 bridgehead atoms. The number of ether oxygens (including phenoxy) is 1. The molecule has 0 radical (unpaired) electrons. The lowest BCUT2D eigenvalue weighted by Gasteiger charge is -2.35. The van der Waals surface area contributed by atoms with E-state index in [1.807, 2.05) is 29.2 Å². The van der Waals surface area contributed by atoms with E-state index in [1.54, 1.807) is 6.92 Å². The number of hydrogen-bond donors (Lipinski definition) is 0. The molecule has 1 heterocycles. The first-order valence-corrected chi connectivity index (χ1v) is 9.65. The Balaban J connectivity index is 2.04. The van der Waals surface area contributed by atoms with Crippen molar-refractivity contribution in [3.05, 3.63) is 29.8 Å². The second-order valence-electron chi connectivity index (χ2n) is 6.77. The first-order valence-electron chi connectivity index (χ1n) is 8.77. The zero-order valence-electron chi connectivity index (χ0n) is 15.5. The molecule has 1 aromatic rings. The number of esters is 1. The Hall–Kier alpha value is -1.53. The lowest BCUT2D eigenvalue weighted by atomic mass is 10.1. The second kappa shape index (κ2) is 9.25. The number of amides is 1. The summed E-state index contributed by atoms with van der Waals surface area (Å²) >= 11 is 1.37. The smallest absolute Gasteiger partial charge is 0.318 e. The Morgan fingerprint density at radius 1 is 1.12 bits per heavy atom. The van der Waals surface area contributed by atoms with Gasteiger partial charge >= 0.3 is 5.97 Å². The Kier molecular flexibility index (Phi) is 7.32. The molecule has 5 nitrogen and oxygen atoms in total. The van der Waals surface area contributed by atoms with Crippen molar-refractivity contribution in [1.82, 2.24) is 9.80 Å². The average molecular weight is 365 g/mol. The number of benzene rings is 1. The Labute approximate surface area is 154 Å². The molecule has 0 N–H and O–H groups in total. The fourth-order valence-electron chi connectivity index (χ4n) is 2.97. The van der Waals surface area contributed by atoms with Crippen molar-refractivity contribution in [3.63, 3.8) is 0 Å². The SMILES string of the molecule is COC(=O)C(C)Sc1ccccc1C(=O)N1CCN(CC(C)C)CC1. The number of piperazine rings is 1. The van der Waals surface area contributed by atoms with Crippen LogP contribution in [-0.2, 0) is 9.53 Å². The maximum atomic E-state index is 12.9. The summed E-state index contributed by atoms with van der Waals surface area (Å²) in [4.78, 5) is 29.8. The molecule has 138 valence electrons. The summed E-state index contributed by atoms with van der Waals surface area (Å²) in [7, 11) is 1.38. The minimum Gasteiger partial charge on any atom is -0.468 e. The van der Waals surface area contributed by atoms with Gasteiger partial charge in [-0.05, 0) is 25.0 Å². The summed E-state index contributed by atoms with van der Waals surface area (Å²) < 4.78 is 4.78. The van der Waals surface area contributed by atoms with E-state index in [0.29, 0.717) is 11.5 Å². The molecule has 0 saturated carbocycles. The number of thioether (sulfide) groups is 1. The highest BCUT2D eigenvalue weighted by Crippen LogP contribution is 2.28. The summed E-state index contributed by atoms with van der Waals surface area (Å²) in [6, 6.07) is 7.50. The largest absolute Gasteiger partial charge is 0.468 e.